The van der Waals surface area contributed by atoms with Gasteiger partial charge in [0.25, 0.3) is 5.69 Å². The molecule has 2 rings (SSSR count). The average molecular weight is 277 g/mol. The molecule has 106 valence electrons. The van der Waals surface area contributed by atoms with Crippen molar-refractivity contribution < 1.29 is 14.8 Å². The molecule has 0 amide bonds. The molecule has 0 aliphatic heterocycles. The summed E-state index contributed by atoms with van der Waals surface area (Å²) in [5, 5.41) is 24.5. The van der Waals surface area contributed by atoms with Gasteiger partial charge in [0.1, 0.15) is 12.4 Å². The van der Waals surface area contributed by atoms with Gasteiger partial charge in [-0.1, -0.05) is 0 Å². The quantitative estimate of drug-likeness (QED) is 0.666. The third-order valence-electron chi connectivity index (χ3n) is 2.81. The second kappa shape index (κ2) is 5.70. The highest BCUT2D eigenvalue weighted by Gasteiger charge is 2.15. The van der Waals surface area contributed by atoms with Crippen molar-refractivity contribution in [3.05, 3.63) is 51.8 Å². The van der Waals surface area contributed by atoms with Crippen molar-refractivity contribution in [3.63, 3.8) is 0 Å². The number of aliphatic hydroxyl groups excluding tert-OH is 1. The number of nitro benzene ring substituents is 1. The molecule has 7 heteroatoms. The zero-order valence-electron chi connectivity index (χ0n) is 11.2. The van der Waals surface area contributed by atoms with Gasteiger partial charge in [0.2, 0.25) is 0 Å². The Labute approximate surface area is 115 Å². The smallest absolute Gasteiger partial charge is 0.270 e. The zero-order chi connectivity index (χ0) is 14.7. The summed E-state index contributed by atoms with van der Waals surface area (Å²) >= 11 is 0. The summed E-state index contributed by atoms with van der Waals surface area (Å²) in [4.78, 5) is 10.2. The second-order valence-electron chi connectivity index (χ2n) is 4.47. The van der Waals surface area contributed by atoms with Crippen molar-refractivity contribution in [2.24, 2.45) is 7.05 Å². The Hall–Kier alpha value is -2.41. The molecule has 0 spiro atoms. The summed E-state index contributed by atoms with van der Waals surface area (Å²) in [7, 11) is 1.80. The third-order valence-corrected chi connectivity index (χ3v) is 2.81. The molecule has 0 saturated carbocycles. The standard InChI is InChI=1S/C13H15N3O4/c1-9(17)12-5-11(16(18)19)3-4-13(12)20-8-10-6-14-15(2)7-10/h3-7,9,17H,8H2,1-2H3/t9-/m1/s1. The first-order chi connectivity index (χ1) is 9.47. The summed E-state index contributed by atoms with van der Waals surface area (Å²) in [5.41, 5.74) is 1.19. The monoisotopic (exact) mass is 277 g/mol. The third kappa shape index (κ3) is 3.12. The molecule has 1 aromatic heterocycles. The molecule has 7 nitrogen and oxygen atoms in total. The fraction of sp³-hybridized carbons (Fsp3) is 0.308. The molecule has 1 heterocycles. The highest BCUT2D eigenvalue weighted by atomic mass is 16.6. The van der Waals surface area contributed by atoms with Crippen molar-refractivity contribution in [1.29, 1.82) is 0 Å². The molecular weight excluding hydrogens is 262 g/mol. The summed E-state index contributed by atoms with van der Waals surface area (Å²) in [6.07, 6.45) is 2.64. The lowest BCUT2D eigenvalue weighted by Crippen LogP contribution is -2.02. The number of aliphatic hydroxyl groups is 1. The number of benzene rings is 1. The zero-order valence-corrected chi connectivity index (χ0v) is 11.2. The van der Waals surface area contributed by atoms with Crippen LogP contribution in [0.2, 0.25) is 0 Å². The molecule has 0 bridgehead atoms. The molecular formula is C13H15N3O4. The summed E-state index contributed by atoms with van der Waals surface area (Å²) < 4.78 is 7.25. The van der Waals surface area contributed by atoms with E-state index >= 15 is 0 Å². The van der Waals surface area contributed by atoms with Gasteiger partial charge in [0.05, 0.1) is 17.2 Å². The van der Waals surface area contributed by atoms with Crippen LogP contribution in [0.4, 0.5) is 5.69 Å². The van der Waals surface area contributed by atoms with Crippen molar-refractivity contribution in [1.82, 2.24) is 9.78 Å². The van der Waals surface area contributed by atoms with Crippen LogP contribution in [0.25, 0.3) is 0 Å². The fourth-order valence-corrected chi connectivity index (χ4v) is 1.81. The summed E-state index contributed by atoms with van der Waals surface area (Å²) in [5.74, 6) is 0.425. The Bertz CT molecular complexity index is 622. The molecule has 0 unspecified atom stereocenters. The maximum atomic E-state index is 10.7. The molecule has 0 fully saturated rings. The number of rotatable bonds is 5. The van der Waals surface area contributed by atoms with E-state index in [4.69, 9.17) is 4.74 Å². The maximum Gasteiger partial charge on any atom is 0.270 e. The molecule has 2 aromatic rings. The van der Waals surface area contributed by atoms with Crippen LogP contribution < -0.4 is 4.74 Å². The van der Waals surface area contributed by atoms with Gasteiger partial charge in [0.15, 0.2) is 0 Å². The molecule has 1 atom stereocenters. The first kappa shape index (κ1) is 14.0. The van der Waals surface area contributed by atoms with Gasteiger partial charge in [-0.15, -0.1) is 0 Å². The predicted octanol–water partition coefficient (Wildman–Crippen LogP) is 1.96. The lowest BCUT2D eigenvalue weighted by Gasteiger charge is -2.12. The van der Waals surface area contributed by atoms with Gasteiger partial charge in [-0.2, -0.15) is 5.10 Å². The SMILES string of the molecule is C[C@@H](O)c1cc([N+](=O)[O-])ccc1OCc1cnn(C)c1. The van der Waals surface area contributed by atoms with Gasteiger partial charge >= 0.3 is 0 Å². The minimum Gasteiger partial charge on any atom is -0.488 e. The van der Waals surface area contributed by atoms with Crippen LogP contribution in [-0.4, -0.2) is 19.8 Å². The van der Waals surface area contributed by atoms with E-state index < -0.39 is 11.0 Å². The van der Waals surface area contributed by atoms with Gasteiger partial charge in [-0.3, -0.25) is 14.8 Å². The van der Waals surface area contributed by atoms with E-state index in [0.717, 1.165) is 5.56 Å². The van der Waals surface area contributed by atoms with Gasteiger partial charge in [-0.25, -0.2) is 0 Å². The van der Waals surface area contributed by atoms with Crippen molar-refractivity contribution >= 4 is 5.69 Å². The van der Waals surface area contributed by atoms with Crippen LogP contribution in [0.5, 0.6) is 5.75 Å². The summed E-state index contributed by atoms with van der Waals surface area (Å²) in [6.45, 7) is 1.82. The number of non-ortho nitro benzene ring substituents is 1. The molecule has 0 saturated heterocycles. The van der Waals surface area contributed by atoms with E-state index in [0.29, 0.717) is 11.3 Å². The Morgan fingerprint density at radius 3 is 2.85 bits per heavy atom. The topological polar surface area (TPSA) is 90.4 Å². The molecule has 0 aliphatic rings. The van der Waals surface area contributed by atoms with Gasteiger partial charge in [0, 0.05) is 36.5 Å². The first-order valence-electron chi connectivity index (χ1n) is 6.04. The van der Waals surface area contributed by atoms with Crippen molar-refractivity contribution in [3.8, 4) is 5.75 Å². The van der Waals surface area contributed by atoms with Gasteiger partial charge in [-0.05, 0) is 13.0 Å². The van der Waals surface area contributed by atoms with E-state index in [1.54, 1.807) is 17.9 Å². The number of nitrogens with zero attached hydrogens (tertiary/aromatic N) is 3. The van der Waals surface area contributed by atoms with E-state index in [1.807, 2.05) is 6.20 Å². The minimum absolute atomic E-state index is 0.0744. The average Bonchev–Trinajstić information content (AvgIpc) is 2.81. The van der Waals surface area contributed by atoms with E-state index in [2.05, 4.69) is 5.10 Å². The Balaban J connectivity index is 2.20. The second-order valence-corrected chi connectivity index (χ2v) is 4.47. The van der Waals surface area contributed by atoms with Crippen LogP contribution >= 0.6 is 0 Å². The number of ether oxygens (including phenoxy) is 1. The van der Waals surface area contributed by atoms with E-state index in [1.165, 1.54) is 25.1 Å². The molecule has 1 N–H and O–H groups in total. The maximum absolute atomic E-state index is 10.7. The van der Waals surface area contributed by atoms with Crippen LogP contribution in [0.1, 0.15) is 24.2 Å². The lowest BCUT2D eigenvalue weighted by atomic mass is 10.1. The summed E-state index contributed by atoms with van der Waals surface area (Å²) in [6, 6.07) is 4.17. The Morgan fingerprint density at radius 1 is 1.55 bits per heavy atom. The molecule has 0 radical (unpaired) electrons. The lowest BCUT2D eigenvalue weighted by molar-refractivity contribution is -0.385. The number of aryl methyl sites for hydroxylation is 1. The number of nitro groups is 1. The Morgan fingerprint density at radius 2 is 2.30 bits per heavy atom. The van der Waals surface area contributed by atoms with Crippen LogP contribution in [0.3, 0.4) is 0 Å². The van der Waals surface area contributed by atoms with Crippen LogP contribution in [-0.2, 0) is 13.7 Å². The largest absolute Gasteiger partial charge is 0.488 e. The predicted molar refractivity (Wildman–Crippen MR) is 71.3 cm³/mol. The normalized spacial score (nSPS) is 12.2. The van der Waals surface area contributed by atoms with Crippen LogP contribution in [0.15, 0.2) is 30.6 Å². The van der Waals surface area contributed by atoms with Crippen molar-refractivity contribution in [2.45, 2.75) is 19.6 Å². The number of aromatic nitrogens is 2. The fourth-order valence-electron chi connectivity index (χ4n) is 1.81. The van der Waals surface area contributed by atoms with Crippen molar-refractivity contribution in [2.75, 3.05) is 0 Å². The van der Waals surface area contributed by atoms with E-state index in [9.17, 15) is 15.2 Å². The number of hydrogen-bond donors (Lipinski definition) is 1. The van der Waals surface area contributed by atoms with E-state index in [-0.39, 0.29) is 12.3 Å². The highest BCUT2D eigenvalue weighted by molar-refractivity contribution is 5.44. The number of hydrogen-bond acceptors (Lipinski definition) is 5. The minimum atomic E-state index is -0.848. The van der Waals surface area contributed by atoms with Crippen LogP contribution in [0, 0.1) is 10.1 Å². The highest BCUT2D eigenvalue weighted by Crippen LogP contribution is 2.29. The molecule has 1 aromatic carbocycles. The Kier molecular flexibility index (Phi) is 3.99. The van der Waals surface area contributed by atoms with Gasteiger partial charge < -0.3 is 9.84 Å². The first-order valence-corrected chi connectivity index (χ1v) is 6.04. The molecule has 20 heavy (non-hydrogen) atoms. The molecule has 0 aliphatic carbocycles.